The Kier molecular flexibility index (Phi) is 30.1. The Balaban J connectivity index is 1.02. The largest absolute Gasteiger partial charge is 0.509 e. The second-order valence-electron chi connectivity index (χ2n) is 27.5. The molecule has 2 unspecified atom stereocenters. The Morgan fingerprint density at radius 1 is 0.692 bits per heavy atom. The van der Waals surface area contributed by atoms with Crippen molar-refractivity contribution in [2.24, 2.45) is 22.5 Å². The molecule has 0 radical (unpaired) electrons. The van der Waals surface area contributed by atoms with Crippen molar-refractivity contribution in [3.05, 3.63) is 113 Å². The maximum atomic E-state index is 15.8. The number of carbonyl (C=O) groups excluding carboxylic acids is 13. The van der Waals surface area contributed by atoms with Crippen LogP contribution in [0.1, 0.15) is 115 Å². The molecule has 107 heavy (non-hydrogen) atoms. The molecule has 33 heteroatoms. The van der Waals surface area contributed by atoms with Gasteiger partial charge in [-0.2, -0.15) is 0 Å². The molecule has 4 aliphatic rings. The number of ketones is 1. The summed E-state index contributed by atoms with van der Waals surface area (Å²) in [5, 5.41) is 41.4. The minimum atomic E-state index is -2.49. The zero-order valence-electron chi connectivity index (χ0n) is 61.5. The number of primary amides is 1. The maximum absolute atomic E-state index is 15.8. The van der Waals surface area contributed by atoms with E-state index in [-0.39, 0.29) is 87.1 Å². The lowest BCUT2D eigenvalue weighted by molar-refractivity contribution is -0.346. The molecule has 0 spiro atoms. The van der Waals surface area contributed by atoms with Gasteiger partial charge in [0.15, 0.2) is 17.5 Å². The molecule has 3 aromatic rings. The predicted molar refractivity (Wildman–Crippen MR) is 374 cm³/mol. The van der Waals surface area contributed by atoms with E-state index in [9.17, 15) is 67.7 Å². The number of rotatable bonds is 37. The molecule has 2 bridgehead atoms. The Bertz CT molecular complexity index is 3730. The van der Waals surface area contributed by atoms with Gasteiger partial charge in [0.2, 0.25) is 47.5 Å². The highest BCUT2D eigenvalue weighted by Gasteiger charge is 2.78. The van der Waals surface area contributed by atoms with E-state index in [1.165, 1.54) is 92.2 Å². The van der Waals surface area contributed by atoms with E-state index in [1.807, 2.05) is 0 Å². The van der Waals surface area contributed by atoms with Gasteiger partial charge in [-0.1, -0.05) is 74.5 Å². The van der Waals surface area contributed by atoms with Gasteiger partial charge in [0.1, 0.15) is 67.9 Å². The number of aliphatic hydroxyl groups is 2. The first-order valence-electron chi connectivity index (χ1n) is 35.0. The maximum Gasteiger partial charge on any atom is 0.509 e. The summed E-state index contributed by atoms with van der Waals surface area (Å²) in [6.07, 6.45) is -12.3. The van der Waals surface area contributed by atoms with Crippen LogP contribution in [0.2, 0.25) is 0 Å². The summed E-state index contributed by atoms with van der Waals surface area (Å²) in [6.45, 7) is 10.3. The number of aliphatic hydroxyl groups excluding tert-OH is 1. The number of nitrogens with one attached hydrogen (secondary N) is 6. The van der Waals surface area contributed by atoms with Crippen LogP contribution in [0.3, 0.4) is 0 Å². The molecule has 33 nitrogen and oxygen atoms in total. The summed E-state index contributed by atoms with van der Waals surface area (Å²) in [5.74, 6) is -11.9. The molecule has 0 aromatic heterocycles. The van der Waals surface area contributed by atoms with Gasteiger partial charge in [-0.05, 0) is 93.5 Å². The van der Waals surface area contributed by atoms with Crippen LogP contribution in [0.15, 0.2) is 96.1 Å². The number of methoxy groups -OCH3 is 2. The lowest BCUT2D eigenvalue weighted by Crippen LogP contribution is -2.82. The molecule has 3 aromatic carbocycles. The van der Waals surface area contributed by atoms with E-state index in [2.05, 4.69) is 31.9 Å². The molecule has 10 N–H and O–H groups in total. The Morgan fingerprint density at radius 3 is 1.89 bits per heavy atom. The lowest BCUT2D eigenvalue weighted by atomic mass is 9.44. The molecule has 14 atom stereocenters. The fraction of sp³-hybridized carbons (Fsp3) is 0.554. The first-order chi connectivity index (χ1) is 50.7. The molecule has 3 fully saturated rings. The minimum absolute atomic E-state index is 0.0140. The van der Waals surface area contributed by atoms with E-state index in [0.717, 1.165) is 13.8 Å². The highest BCUT2D eigenvalue weighted by molar-refractivity contribution is 6.01. The van der Waals surface area contributed by atoms with Gasteiger partial charge in [0.05, 0.1) is 62.5 Å². The zero-order chi connectivity index (χ0) is 78.6. The van der Waals surface area contributed by atoms with Crippen molar-refractivity contribution in [3.8, 4) is 0 Å². The SMILES string of the molecule is COCCOCC(=O)NCCCC[C@H](NC(=O)COCCOC)C(=O)N[C@H](C)C(=O)N[C@H](C)C(=O)N[C@H](CC(N)=O)C(=O)Nc1ccc(COC(=O)O[C@H](Cc2ccccc2)C(=O)O[C@H]2C[C@@]3(O)[C@@H](OC(=O)c4ccccc4)C4[C@]5(OC(C)=O)COC5C[C@H](O)[C@@]4(C)C(=O)[C@H](OC(C)=O)C(=C2C)C3(C)C)cc1. The number of esters is 4. The topological polar surface area (TPSA) is 462 Å². The van der Waals surface area contributed by atoms with Crippen molar-refractivity contribution in [2.45, 2.75) is 179 Å². The summed E-state index contributed by atoms with van der Waals surface area (Å²) in [4.78, 5) is 177. The molecule has 3 aliphatic carbocycles. The van der Waals surface area contributed by atoms with Crippen molar-refractivity contribution < 1.29 is 125 Å². The number of nitrogens with two attached hydrogens (primary N) is 1. The van der Waals surface area contributed by atoms with Gasteiger partial charge >= 0.3 is 30.0 Å². The van der Waals surface area contributed by atoms with Crippen LogP contribution in [0.4, 0.5) is 10.5 Å². The van der Waals surface area contributed by atoms with E-state index in [0.29, 0.717) is 30.6 Å². The molecular formula is C74H97N7O26. The number of ether oxygens (including phenoxy) is 11. The quantitative estimate of drug-likeness (QED) is 0.0171. The van der Waals surface area contributed by atoms with E-state index in [4.69, 9.17) is 57.8 Å². The average Bonchev–Trinajstić information content (AvgIpc) is 0.669. The van der Waals surface area contributed by atoms with Crippen LogP contribution < -0.4 is 37.6 Å². The molecule has 584 valence electrons. The van der Waals surface area contributed by atoms with Gasteiger partial charge < -0.3 is 100.0 Å². The lowest BCUT2D eigenvalue weighted by Gasteiger charge is -2.67. The third-order valence-corrected chi connectivity index (χ3v) is 19.6. The van der Waals surface area contributed by atoms with Crippen LogP contribution >= 0.6 is 0 Å². The van der Waals surface area contributed by atoms with Crippen molar-refractivity contribution in [1.29, 1.82) is 0 Å². The highest BCUT2D eigenvalue weighted by Crippen LogP contribution is 2.64. The Labute approximate surface area is 618 Å². The monoisotopic (exact) mass is 1500 g/mol. The number of hydrogen-bond donors (Lipinski definition) is 9. The first-order valence-corrected chi connectivity index (χ1v) is 35.0. The number of hydrogen-bond acceptors (Lipinski definition) is 26. The summed E-state index contributed by atoms with van der Waals surface area (Å²) >= 11 is 0. The third kappa shape index (κ3) is 21.3. The van der Waals surface area contributed by atoms with Crippen LogP contribution in [0.25, 0.3) is 0 Å². The highest BCUT2D eigenvalue weighted by atomic mass is 16.7. The molecule has 1 heterocycles. The van der Waals surface area contributed by atoms with Crippen LogP contribution in [0.5, 0.6) is 0 Å². The minimum Gasteiger partial charge on any atom is -0.455 e. The number of unbranched alkanes of at least 4 members (excludes halogenated alkanes) is 1. The smallest absolute Gasteiger partial charge is 0.455 e. The molecule has 1 aliphatic heterocycles. The first kappa shape index (κ1) is 84.5. The number of Topliss-reactive ketones (excluding diaryl/α,β-unsaturated/α-hetero) is 1. The standard InChI is InChI=1S/C74H97N7O26/c1-41-53(36-74(96)63(106-68(93)48-21-15-12-16-22-48)61-72(8,54(84)35-55-73(61,40-102-55)107-45(5)83)62(88)60(103-44(4)82)59(41)71(74,6)7)104-69(94)52(33-46-19-13-11-14-20-46)105-70(95)101-37-47-24-26-49(27-25-47)79-67(92)51(34-56(75)85)81-65(90)43(3)77-64(89)42(2)78-66(91)50(80-58(87)39-100-32-30-98-10)23-17-18-28-76-57(86)38-99-31-29-97-9/h11-16,19-22,24-27,42-43,50-55,60-61,63,84,96H,17-18,23,28-40H2,1-10H3,(H2,75,85)(H,76,86)(H,77,89)(H,78,91)(H,79,92)(H,80,87)(H,81,90)/t42-,43-,50+,51-,52-,53+,54+,55?,60-,61?,63+,72-,73+,74-/m1/s1. The Morgan fingerprint density at radius 2 is 1.30 bits per heavy atom. The summed E-state index contributed by atoms with van der Waals surface area (Å²) in [7, 11) is 2.95. The van der Waals surface area contributed by atoms with Crippen molar-refractivity contribution in [2.75, 3.05) is 72.3 Å². The molecular weight excluding hydrogens is 1400 g/mol. The summed E-state index contributed by atoms with van der Waals surface area (Å²) in [6, 6.07) is 16.3. The Hall–Kier alpha value is -9.77. The summed E-state index contributed by atoms with van der Waals surface area (Å²) in [5.41, 5.74) is -1.78. The second-order valence-corrected chi connectivity index (χ2v) is 27.5. The van der Waals surface area contributed by atoms with Gasteiger partial charge in [-0.25, -0.2) is 14.4 Å². The fourth-order valence-electron chi connectivity index (χ4n) is 13.8. The van der Waals surface area contributed by atoms with Gasteiger partial charge in [0.25, 0.3) is 0 Å². The predicted octanol–water partition coefficient (Wildman–Crippen LogP) is 1.57. The van der Waals surface area contributed by atoms with E-state index in [1.54, 1.807) is 48.5 Å². The third-order valence-electron chi connectivity index (χ3n) is 19.6. The molecule has 1 saturated heterocycles. The van der Waals surface area contributed by atoms with Gasteiger partial charge in [-0.15, -0.1) is 0 Å². The van der Waals surface area contributed by atoms with E-state index < -0.39 is 186 Å². The van der Waals surface area contributed by atoms with Gasteiger partial charge in [-0.3, -0.25) is 47.9 Å². The van der Waals surface area contributed by atoms with Crippen LogP contribution in [0, 0.1) is 16.7 Å². The number of amides is 7. The number of benzene rings is 3. The van der Waals surface area contributed by atoms with Crippen molar-refractivity contribution in [3.63, 3.8) is 0 Å². The molecule has 2 saturated carbocycles. The second kappa shape index (κ2) is 38.2. The number of carbonyl (C=O) groups is 13. The molecule has 7 rings (SSSR count). The van der Waals surface area contributed by atoms with Crippen molar-refractivity contribution in [1.82, 2.24) is 26.6 Å². The van der Waals surface area contributed by atoms with E-state index >= 15 is 4.79 Å². The molecule has 7 amide bonds. The van der Waals surface area contributed by atoms with Crippen molar-refractivity contribution >= 4 is 82.9 Å². The van der Waals surface area contributed by atoms with Crippen LogP contribution in [-0.4, -0.2) is 226 Å². The van der Waals surface area contributed by atoms with Crippen LogP contribution in [-0.2, 0) is 118 Å². The zero-order valence-corrected chi connectivity index (χ0v) is 61.5. The fourth-order valence-corrected chi connectivity index (χ4v) is 13.8. The summed E-state index contributed by atoms with van der Waals surface area (Å²) < 4.78 is 62.2. The normalized spacial score (nSPS) is 23.9. The number of anilines is 1. The number of fused-ring (bicyclic) bond motifs is 5. The average molecular weight is 1500 g/mol. The van der Waals surface area contributed by atoms with Gasteiger partial charge in [0, 0.05) is 65.0 Å².